The summed E-state index contributed by atoms with van der Waals surface area (Å²) in [5.74, 6) is -2.74. The number of hydrogen-bond donors (Lipinski definition) is 2. The van der Waals surface area contributed by atoms with E-state index in [2.05, 4.69) is 0 Å². The van der Waals surface area contributed by atoms with E-state index in [1.165, 1.54) is 19.1 Å². The minimum atomic E-state index is -0.876. The molecule has 3 N–H and O–H groups in total. The van der Waals surface area contributed by atoms with Gasteiger partial charge in [-0.15, -0.1) is 0 Å². The molecule has 1 fully saturated rings. The Morgan fingerprint density at radius 1 is 1.40 bits per heavy atom. The molecule has 1 amide bonds. The first-order chi connectivity index (χ1) is 11.8. The maximum atomic E-state index is 14.0. The Hall–Kier alpha value is -2.81. The number of rotatable bonds is 4. The van der Waals surface area contributed by atoms with Crippen molar-refractivity contribution in [1.29, 1.82) is 0 Å². The Kier molecular flexibility index (Phi) is 5.81. The Balaban J connectivity index is 1.98. The molecule has 2 rings (SSSR count). The summed E-state index contributed by atoms with van der Waals surface area (Å²) in [7, 11) is 0. The van der Waals surface area contributed by atoms with Crippen molar-refractivity contribution < 1.29 is 23.7 Å². The van der Waals surface area contributed by atoms with Crippen molar-refractivity contribution in [2.24, 2.45) is 11.7 Å². The maximum absolute atomic E-state index is 14.0. The Morgan fingerprint density at radius 2 is 2.04 bits per heavy atom. The fourth-order valence-electron chi connectivity index (χ4n) is 2.66. The van der Waals surface area contributed by atoms with Crippen molar-refractivity contribution >= 4 is 17.6 Å². The molecule has 134 valence electrons. The number of nitrogens with two attached hydrogens (primary N) is 1. The van der Waals surface area contributed by atoms with Crippen molar-refractivity contribution in [3.63, 3.8) is 0 Å². The van der Waals surface area contributed by atoms with Gasteiger partial charge in [-0.2, -0.15) is 5.48 Å². The Morgan fingerprint density at radius 3 is 2.60 bits per heavy atom. The van der Waals surface area contributed by atoms with Gasteiger partial charge in [-0.05, 0) is 43.9 Å². The largest absolute Gasteiger partial charge is 0.362 e. The van der Waals surface area contributed by atoms with Crippen LogP contribution in [0.3, 0.4) is 0 Å². The second-order valence-electron chi connectivity index (χ2n) is 5.77. The standard InChI is InChI=1S/C16H18FN3O5/c1-9(18)14(17)12-3-2-4-13(12)15(21)19-25-16(22)10-5-7-11(8-6-10)20(23)24/h5-9,13H,2-4,18H2,1H3,(H,19,21)/b14-12-/t9-,13+/m1/s1. The minimum Gasteiger partial charge on any atom is -0.335 e. The first kappa shape index (κ1) is 18.5. The summed E-state index contributed by atoms with van der Waals surface area (Å²) in [5.41, 5.74) is 7.73. The predicted molar refractivity (Wildman–Crippen MR) is 85.8 cm³/mol. The first-order valence-electron chi connectivity index (χ1n) is 7.70. The lowest BCUT2D eigenvalue weighted by atomic mass is 9.99. The zero-order valence-corrected chi connectivity index (χ0v) is 13.5. The molecule has 1 aliphatic carbocycles. The highest BCUT2D eigenvalue weighted by molar-refractivity contribution is 5.91. The van der Waals surface area contributed by atoms with Crippen molar-refractivity contribution in [3.05, 3.63) is 51.3 Å². The smallest absolute Gasteiger partial charge is 0.335 e. The van der Waals surface area contributed by atoms with E-state index in [9.17, 15) is 24.1 Å². The highest BCUT2D eigenvalue weighted by Crippen LogP contribution is 2.34. The van der Waals surface area contributed by atoms with E-state index in [0.717, 1.165) is 12.1 Å². The summed E-state index contributed by atoms with van der Waals surface area (Å²) < 4.78 is 14.0. The zero-order chi connectivity index (χ0) is 18.6. The summed E-state index contributed by atoms with van der Waals surface area (Å²) in [6.07, 6.45) is 1.52. The molecule has 0 unspecified atom stereocenters. The molecule has 1 aliphatic rings. The van der Waals surface area contributed by atoms with Crippen LogP contribution in [0.15, 0.2) is 35.7 Å². The van der Waals surface area contributed by atoms with Crippen molar-refractivity contribution in [2.45, 2.75) is 32.2 Å². The third-order valence-electron chi connectivity index (χ3n) is 3.94. The van der Waals surface area contributed by atoms with E-state index >= 15 is 0 Å². The molecular formula is C16H18FN3O5. The van der Waals surface area contributed by atoms with Gasteiger partial charge in [0.25, 0.3) is 11.6 Å². The highest BCUT2D eigenvalue weighted by atomic mass is 19.1. The number of hydrogen-bond acceptors (Lipinski definition) is 6. The Labute approximate surface area is 142 Å². The SMILES string of the molecule is C[C@@H](N)/C(F)=C1\CCC[C@@H]1C(=O)NOC(=O)c1ccc([N+](=O)[O-])cc1. The van der Waals surface area contributed by atoms with Crippen LogP contribution < -0.4 is 11.2 Å². The van der Waals surface area contributed by atoms with E-state index in [4.69, 9.17) is 10.6 Å². The maximum Gasteiger partial charge on any atom is 0.362 e. The molecule has 1 aromatic carbocycles. The molecule has 0 aromatic heterocycles. The normalized spacial score (nSPS) is 19.9. The van der Waals surface area contributed by atoms with E-state index in [1.54, 1.807) is 0 Å². The van der Waals surface area contributed by atoms with Gasteiger partial charge in [0.15, 0.2) is 0 Å². The number of nitrogens with one attached hydrogen (secondary N) is 1. The van der Waals surface area contributed by atoms with E-state index in [0.29, 0.717) is 24.8 Å². The van der Waals surface area contributed by atoms with Gasteiger partial charge in [0.1, 0.15) is 5.83 Å². The fraction of sp³-hybridized carbons (Fsp3) is 0.375. The van der Waals surface area contributed by atoms with Crippen LogP contribution in [0.5, 0.6) is 0 Å². The van der Waals surface area contributed by atoms with Crippen LogP contribution in [0.2, 0.25) is 0 Å². The molecule has 0 aliphatic heterocycles. The quantitative estimate of drug-likeness (QED) is 0.632. The molecule has 2 atom stereocenters. The number of nitro benzene ring substituents is 1. The van der Waals surface area contributed by atoms with Crippen molar-refractivity contribution in [2.75, 3.05) is 0 Å². The summed E-state index contributed by atoms with van der Waals surface area (Å²) in [4.78, 5) is 38.7. The number of hydroxylamine groups is 1. The second kappa shape index (κ2) is 7.84. The lowest BCUT2D eigenvalue weighted by Crippen LogP contribution is -2.33. The molecule has 1 aromatic rings. The number of carbonyl (C=O) groups is 2. The molecule has 1 saturated carbocycles. The first-order valence-corrected chi connectivity index (χ1v) is 7.70. The van der Waals surface area contributed by atoms with Crippen LogP contribution in [0, 0.1) is 16.0 Å². The molecule has 25 heavy (non-hydrogen) atoms. The lowest BCUT2D eigenvalue weighted by Gasteiger charge is -2.14. The third-order valence-corrected chi connectivity index (χ3v) is 3.94. The number of amides is 1. The van der Waals surface area contributed by atoms with Crippen molar-refractivity contribution in [1.82, 2.24) is 5.48 Å². The number of carbonyl (C=O) groups excluding carboxylic acids is 2. The van der Waals surface area contributed by atoms with Crippen LogP contribution in [0.4, 0.5) is 10.1 Å². The van der Waals surface area contributed by atoms with Gasteiger partial charge in [0, 0.05) is 12.1 Å². The predicted octanol–water partition coefficient (Wildman–Crippen LogP) is 2.15. The zero-order valence-electron chi connectivity index (χ0n) is 13.5. The van der Waals surface area contributed by atoms with Gasteiger partial charge in [-0.3, -0.25) is 14.9 Å². The monoisotopic (exact) mass is 351 g/mol. The fourth-order valence-corrected chi connectivity index (χ4v) is 2.66. The summed E-state index contributed by atoms with van der Waals surface area (Å²) in [6, 6.07) is 3.92. The number of benzene rings is 1. The topological polar surface area (TPSA) is 125 Å². The van der Waals surface area contributed by atoms with Gasteiger partial charge in [0.05, 0.1) is 22.4 Å². The summed E-state index contributed by atoms with van der Waals surface area (Å²) >= 11 is 0. The average molecular weight is 351 g/mol. The molecule has 0 heterocycles. The molecule has 0 saturated heterocycles. The number of nitro groups is 1. The second-order valence-corrected chi connectivity index (χ2v) is 5.77. The van der Waals surface area contributed by atoms with Crippen LogP contribution >= 0.6 is 0 Å². The van der Waals surface area contributed by atoms with Gasteiger partial charge < -0.3 is 10.6 Å². The number of nitrogens with zero attached hydrogens (tertiary/aromatic N) is 1. The van der Waals surface area contributed by atoms with Gasteiger partial charge >= 0.3 is 5.97 Å². The summed E-state index contributed by atoms with van der Waals surface area (Å²) in [6.45, 7) is 1.49. The number of halogens is 1. The van der Waals surface area contributed by atoms with Crippen LogP contribution in [-0.4, -0.2) is 22.8 Å². The van der Waals surface area contributed by atoms with E-state index < -0.39 is 34.6 Å². The van der Waals surface area contributed by atoms with Crippen molar-refractivity contribution in [3.8, 4) is 0 Å². The average Bonchev–Trinajstić information content (AvgIpc) is 3.08. The summed E-state index contributed by atoms with van der Waals surface area (Å²) in [5, 5.41) is 10.6. The molecule has 0 spiro atoms. The Bertz CT molecular complexity index is 715. The highest BCUT2D eigenvalue weighted by Gasteiger charge is 2.32. The number of non-ortho nitro benzene ring substituents is 1. The van der Waals surface area contributed by atoms with Gasteiger partial charge in [0.2, 0.25) is 0 Å². The van der Waals surface area contributed by atoms with Crippen LogP contribution in [-0.2, 0) is 9.63 Å². The molecule has 9 heteroatoms. The molecule has 0 bridgehead atoms. The van der Waals surface area contributed by atoms with Gasteiger partial charge in [-0.25, -0.2) is 9.18 Å². The van der Waals surface area contributed by atoms with E-state index in [1.807, 2.05) is 5.48 Å². The molecule has 8 nitrogen and oxygen atoms in total. The van der Waals surface area contributed by atoms with Crippen LogP contribution in [0.25, 0.3) is 0 Å². The minimum absolute atomic E-state index is 0.0369. The third kappa shape index (κ3) is 4.38. The lowest BCUT2D eigenvalue weighted by molar-refractivity contribution is -0.384. The van der Waals surface area contributed by atoms with Crippen LogP contribution in [0.1, 0.15) is 36.5 Å². The van der Waals surface area contributed by atoms with E-state index in [-0.39, 0.29) is 11.3 Å². The van der Waals surface area contributed by atoms with Gasteiger partial charge in [-0.1, -0.05) is 0 Å². The molecule has 0 radical (unpaired) electrons. The molecular weight excluding hydrogens is 333 g/mol.